The Balaban J connectivity index is 1.52. The van der Waals surface area contributed by atoms with Gasteiger partial charge in [-0.15, -0.1) is 0 Å². The molecule has 1 aromatic heterocycles. The zero-order valence-electron chi connectivity index (χ0n) is 11.6. The van der Waals surface area contributed by atoms with Gasteiger partial charge in [-0.2, -0.15) is 5.10 Å². The second-order valence-corrected chi connectivity index (χ2v) is 5.01. The number of amides is 1. The second kappa shape index (κ2) is 5.07. The summed E-state index contributed by atoms with van der Waals surface area (Å²) in [6.45, 7) is 0.660. The number of ether oxygens (including phenoxy) is 2. The molecule has 6 heteroatoms. The van der Waals surface area contributed by atoms with Gasteiger partial charge in [0.1, 0.15) is 0 Å². The van der Waals surface area contributed by atoms with Gasteiger partial charge in [-0.25, -0.2) is 0 Å². The molecular formula is C16H13N3O3. The molecule has 0 saturated carbocycles. The zero-order valence-corrected chi connectivity index (χ0v) is 11.6. The molecule has 0 spiro atoms. The van der Waals surface area contributed by atoms with Crippen molar-refractivity contribution < 1.29 is 14.3 Å². The number of rotatable bonds is 3. The molecule has 0 aliphatic carbocycles. The molecule has 0 unspecified atom stereocenters. The van der Waals surface area contributed by atoms with Crippen molar-refractivity contribution in [3.05, 3.63) is 53.7 Å². The van der Waals surface area contributed by atoms with Crippen molar-refractivity contribution in [1.82, 2.24) is 15.5 Å². The molecule has 6 nitrogen and oxygen atoms in total. The van der Waals surface area contributed by atoms with E-state index in [1.54, 1.807) is 12.3 Å². The van der Waals surface area contributed by atoms with Crippen LogP contribution in [-0.4, -0.2) is 22.9 Å². The van der Waals surface area contributed by atoms with Gasteiger partial charge < -0.3 is 14.8 Å². The number of nitrogens with one attached hydrogen (secondary N) is 2. The Morgan fingerprint density at radius 3 is 3.09 bits per heavy atom. The van der Waals surface area contributed by atoms with Crippen molar-refractivity contribution in [3.63, 3.8) is 0 Å². The Hall–Kier alpha value is -3.02. The molecule has 1 aliphatic rings. The third kappa shape index (κ3) is 2.14. The molecule has 0 fully saturated rings. The quantitative estimate of drug-likeness (QED) is 0.777. The highest BCUT2D eigenvalue weighted by molar-refractivity contribution is 6.05. The number of fused-ring (bicyclic) bond motifs is 2. The van der Waals surface area contributed by atoms with E-state index >= 15 is 0 Å². The van der Waals surface area contributed by atoms with Crippen LogP contribution in [0.25, 0.3) is 10.9 Å². The van der Waals surface area contributed by atoms with Crippen molar-refractivity contribution >= 4 is 16.8 Å². The number of para-hydroxylation sites is 1. The summed E-state index contributed by atoms with van der Waals surface area (Å²) < 4.78 is 10.6. The largest absolute Gasteiger partial charge is 0.454 e. The number of nitrogens with zero attached hydrogens (tertiary/aromatic N) is 1. The Bertz CT molecular complexity index is 857. The summed E-state index contributed by atoms with van der Waals surface area (Å²) in [5.74, 6) is 1.30. The highest BCUT2D eigenvalue weighted by Gasteiger charge is 2.14. The minimum absolute atomic E-state index is 0.146. The minimum atomic E-state index is -0.146. The maximum absolute atomic E-state index is 12.3. The van der Waals surface area contributed by atoms with E-state index < -0.39 is 0 Å². The van der Waals surface area contributed by atoms with Crippen molar-refractivity contribution in [2.75, 3.05) is 6.79 Å². The van der Waals surface area contributed by atoms with Crippen LogP contribution in [0, 0.1) is 0 Å². The lowest BCUT2D eigenvalue weighted by Crippen LogP contribution is -2.23. The van der Waals surface area contributed by atoms with Crippen LogP contribution in [0.2, 0.25) is 0 Å². The van der Waals surface area contributed by atoms with Crippen LogP contribution in [0.4, 0.5) is 0 Å². The maximum atomic E-state index is 12.3. The average molecular weight is 295 g/mol. The fraction of sp³-hybridized carbons (Fsp3) is 0.125. The van der Waals surface area contributed by atoms with Crippen LogP contribution >= 0.6 is 0 Å². The van der Waals surface area contributed by atoms with Gasteiger partial charge in [0.25, 0.3) is 5.91 Å². The van der Waals surface area contributed by atoms with E-state index in [1.807, 2.05) is 30.3 Å². The standard InChI is InChI=1S/C16H13N3O3/c20-16(12-3-1-2-11-8-18-19-15(11)12)17-7-10-4-5-13-14(6-10)22-9-21-13/h1-6,8H,7,9H2,(H,17,20)(H,18,19). The molecule has 3 aromatic rings. The Morgan fingerprint density at radius 2 is 2.14 bits per heavy atom. The van der Waals surface area contributed by atoms with Gasteiger partial charge in [0.2, 0.25) is 6.79 Å². The molecule has 2 aromatic carbocycles. The van der Waals surface area contributed by atoms with Crippen LogP contribution in [0.5, 0.6) is 11.5 Å². The van der Waals surface area contributed by atoms with E-state index in [4.69, 9.17) is 9.47 Å². The molecule has 0 atom stereocenters. The number of aromatic amines is 1. The highest BCUT2D eigenvalue weighted by atomic mass is 16.7. The molecule has 0 bridgehead atoms. The number of aromatic nitrogens is 2. The summed E-state index contributed by atoms with van der Waals surface area (Å²) in [6, 6.07) is 11.2. The number of carbonyl (C=O) groups is 1. The van der Waals surface area contributed by atoms with E-state index in [2.05, 4.69) is 15.5 Å². The summed E-state index contributed by atoms with van der Waals surface area (Å²) in [4.78, 5) is 12.3. The van der Waals surface area contributed by atoms with Gasteiger partial charge in [-0.3, -0.25) is 9.89 Å². The van der Waals surface area contributed by atoms with E-state index in [0.717, 1.165) is 22.2 Å². The first kappa shape index (κ1) is 12.7. The fourth-order valence-corrected chi connectivity index (χ4v) is 2.49. The molecule has 110 valence electrons. The normalized spacial score (nSPS) is 12.5. The zero-order chi connectivity index (χ0) is 14.9. The fourth-order valence-electron chi connectivity index (χ4n) is 2.49. The van der Waals surface area contributed by atoms with Crippen molar-refractivity contribution in [2.24, 2.45) is 0 Å². The molecule has 2 N–H and O–H groups in total. The first-order valence-electron chi connectivity index (χ1n) is 6.90. The molecule has 0 radical (unpaired) electrons. The van der Waals surface area contributed by atoms with E-state index in [0.29, 0.717) is 17.9 Å². The van der Waals surface area contributed by atoms with Gasteiger partial charge >= 0.3 is 0 Å². The molecule has 2 heterocycles. The number of benzene rings is 2. The number of hydrogen-bond donors (Lipinski definition) is 2. The summed E-state index contributed by atoms with van der Waals surface area (Å²) in [6.07, 6.45) is 1.70. The Kier molecular flexibility index (Phi) is 2.93. The summed E-state index contributed by atoms with van der Waals surface area (Å²) >= 11 is 0. The number of carbonyl (C=O) groups excluding carboxylic acids is 1. The highest BCUT2D eigenvalue weighted by Crippen LogP contribution is 2.32. The summed E-state index contributed by atoms with van der Waals surface area (Å²) in [5, 5.41) is 10.6. The van der Waals surface area contributed by atoms with Gasteiger partial charge in [-0.05, 0) is 23.8 Å². The second-order valence-electron chi connectivity index (χ2n) is 5.01. The maximum Gasteiger partial charge on any atom is 0.253 e. The van der Waals surface area contributed by atoms with Gasteiger partial charge in [0.15, 0.2) is 11.5 Å². The average Bonchev–Trinajstić information content (AvgIpc) is 3.20. The van der Waals surface area contributed by atoms with Crippen molar-refractivity contribution in [2.45, 2.75) is 6.54 Å². The smallest absolute Gasteiger partial charge is 0.253 e. The first-order valence-corrected chi connectivity index (χ1v) is 6.90. The molecule has 0 saturated heterocycles. The van der Waals surface area contributed by atoms with Crippen molar-refractivity contribution in [1.29, 1.82) is 0 Å². The number of H-pyrrole nitrogens is 1. The lowest BCUT2D eigenvalue weighted by Gasteiger charge is -2.07. The Morgan fingerprint density at radius 1 is 1.23 bits per heavy atom. The van der Waals surface area contributed by atoms with Crippen LogP contribution in [-0.2, 0) is 6.54 Å². The topological polar surface area (TPSA) is 76.2 Å². The van der Waals surface area contributed by atoms with Crippen molar-refractivity contribution in [3.8, 4) is 11.5 Å². The van der Waals surface area contributed by atoms with E-state index in [1.165, 1.54) is 0 Å². The predicted molar refractivity (Wildman–Crippen MR) is 79.8 cm³/mol. The molecular weight excluding hydrogens is 282 g/mol. The summed E-state index contributed by atoms with van der Waals surface area (Å²) in [7, 11) is 0. The lowest BCUT2D eigenvalue weighted by molar-refractivity contribution is 0.0952. The van der Waals surface area contributed by atoms with E-state index in [9.17, 15) is 4.79 Å². The van der Waals surface area contributed by atoms with Crippen LogP contribution in [0.15, 0.2) is 42.6 Å². The lowest BCUT2D eigenvalue weighted by atomic mass is 10.1. The molecule has 22 heavy (non-hydrogen) atoms. The summed E-state index contributed by atoms with van der Waals surface area (Å²) in [5.41, 5.74) is 2.27. The van der Waals surface area contributed by atoms with Gasteiger partial charge in [0.05, 0.1) is 17.3 Å². The monoisotopic (exact) mass is 295 g/mol. The molecule has 1 amide bonds. The number of hydrogen-bond acceptors (Lipinski definition) is 4. The minimum Gasteiger partial charge on any atom is -0.454 e. The van der Waals surface area contributed by atoms with Gasteiger partial charge in [0, 0.05) is 11.9 Å². The molecule has 4 rings (SSSR count). The van der Waals surface area contributed by atoms with Crippen LogP contribution in [0.1, 0.15) is 15.9 Å². The third-order valence-corrected chi connectivity index (χ3v) is 3.61. The van der Waals surface area contributed by atoms with E-state index in [-0.39, 0.29) is 12.7 Å². The third-order valence-electron chi connectivity index (χ3n) is 3.61. The molecule has 1 aliphatic heterocycles. The van der Waals surface area contributed by atoms with Gasteiger partial charge in [-0.1, -0.05) is 18.2 Å². The SMILES string of the molecule is O=C(NCc1ccc2c(c1)OCO2)c1cccc2cn[nH]c12. The first-order chi connectivity index (χ1) is 10.8. The van der Waals surface area contributed by atoms with Crippen LogP contribution in [0.3, 0.4) is 0 Å². The Labute approximate surface area is 126 Å². The predicted octanol–water partition coefficient (Wildman–Crippen LogP) is 2.22. The van der Waals surface area contributed by atoms with Crippen LogP contribution < -0.4 is 14.8 Å².